The molecular formula is C13H12O4. The molecule has 0 aliphatic carbocycles. The summed E-state index contributed by atoms with van der Waals surface area (Å²) in [6.45, 7) is 0. The maximum absolute atomic E-state index is 11.1. The first-order chi connectivity index (χ1) is 8.25. The van der Waals surface area contributed by atoms with Crippen LogP contribution in [-0.4, -0.2) is 29.4 Å². The lowest BCUT2D eigenvalue weighted by molar-refractivity contribution is -0.150. The van der Waals surface area contributed by atoms with E-state index in [0.29, 0.717) is 0 Å². The van der Waals surface area contributed by atoms with E-state index >= 15 is 0 Å². The SMILES string of the molecule is O=C1C=C[C@@H]2O[C@H](c3ccccc3)[C@@H](O)[C@H]2O1. The summed E-state index contributed by atoms with van der Waals surface area (Å²) in [5, 5.41) is 10.1. The van der Waals surface area contributed by atoms with E-state index in [9.17, 15) is 9.90 Å². The molecular weight excluding hydrogens is 220 g/mol. The smallest absolute Gasteiger partial charge is 0.330 e. The van der Waals surface area contributed by atoms with Gasteiger partial charge in [-0.3, -0.25) is 0 Å². The molecule has 1 saturated heterocycles. The van der Waals surface area contributed by atoms with E-state index in [0.717, 1.165) is 5.56 Å². The zero-order chi connectivity index (χ0) is 11.8. The van der Waals surface area contributed by atoms with Gasteiger partial charge in [-0.1, -0.05) is 30.3 Å². The van der Waals surface area contributed by atoms with Crippen LogP contribution in [0.3, 0.4) is 0 Å². The van der Waals surface area contributed by atoms with Crippen molar-refractivity contribution in [2.24, 2.45) is 0 Å². The van der Waals surface area contributed by atoms with Crippen molar-refractivity contribution in [3.05, 3.63) is 48.0 Å². The van der Waals surface area contributed by atoms with Crippen LogP contribution in [0.2, 0.25) is 0 Å². The summed E-state index contributed by atoms with van der Waals surface area (Å²) < 4.78 is 10.8. The lowest BCUT2D eigenvalue weighted by Crippen LogP contribution is -2.36. The molecule has 0 bridgehead atoms. The van der Waals surface area contributed by atoms with Crippen LogP contribution in [0.4, 0.5) is 0 Å². The van der Waals surface area contributed by atoms with Crippen LogP contribution in [-0.2, 0) is 14.3 Å². The highest BCUT2D eigenvalue weighted by Crippen LogP contribution is 2.36. The van der Waals surface area contributed by atoms with E-state index in [1.807, 2.05) is 30.3 Å². The van der Waals surface area contributed by atoms with E-state index in [-0.39, 0.29) is 6.10 Å². The van der Waals surface area contributed by atoms with Gasteiger partial charge in [0.05, 0.1) is 0 Å². The number of hydrogen-bond acceptors (Lipinski definition) is 4. The first kappa shape index (κ1) is 10.5. The highest BCUT2D eigenvalue weighted by Gasteiger charge is 2.46. The van der Waals surface area contributed by atoms with Crippen molar-refractivity contribution in [2.75, 3.05) is 0 Å². The van der Waals surface area contributed by atoms with E-state index in [4.69, 9.17) is 9.47 Å². The maximum atomic E-state index is 11.1. The van der Waals surface area contributed by atoms with Crippen LogP contribution in [0.5, 0.6) is 0 Å². The van der Waals surface area contributed by atoms with Crippen molar-refractivity contribution >= 4 is 5.97 Å². The number of carbonyl (C=O) groups is 1. The molecule has 0 spiro atoms. The minimum Gasteiger partial charge on any atom is -0.453 e. The van der Waals surface area contributed by atoms with Gasteiger partial charge >= 0.3 is 5.97 Å². The molecule has 4 heteroatoms. The number of rotatable bonds is 1. The molecule has 1 fully saturated rings. The summed E-state index contributed by atoms with van der Waals surface area (Å²) in [6.07, 6.45) is 0.757. The molecule has 0 unspecified atom stereocenters. The summed E-state index contributed by atoms with van der Waals surface area (Å²) >= 11 is 0. The Kier molecular flexibility index (Phi) is 2.46. The van der Waals surface area contributed by atoms with Gasteiger partial charge in [-0.25, -0.2) is 4.79 Å². The number of fused-ring (bicyclic) bond motifs is 1. The number of hydrogen-bond donors (Lipinski definition) is 1. The Hall–Kier alpha value is -1.65. The Morgan fingerprint density at radius 2 is 1.94 bits per heavy atom. The van der Waals surface area contributed by atoms with Crippen molar-refractivity contribution in [1.82, 2.24) is 0 Å². The second kappa shape index (κ2) is 3.98. The Bertz CT molecular complexity index is 454. The molecule has 2 heterocycles. The average Bonchev–Trinajstić information content (AvgIpc) is 2.68. The molecule has 0 amide bonds. The van der Waals surface area contributed by atoms with Crippen LogP contribution < -0.4 is 0 Å². The monoisotopic (exact) mass is 232 g/mol. The molecule has 1 aromatic carbocycles. The zero-order valence-corrected chi connectivity index (χ0v) is 9.02. The summed E-state index contributed by atoms with van der Waals surface area (Å²) in [4.78, 5) is 11.1. The lowest BCUT2D eigenvalue weighted by Gasteiger charge is -2.20. The predicted molar refractivity (Wildman–Crippen MR) is 59.1 cm³/mol. The molecule has 88 valence electrons. The molecule has 4 atom stereocenters. The first-order valence-corrected chi connectivity index (χ1v) is 5.53. The Morgan fingerprint density at radius 1 is 1.18 bits per heavy atom. The molecule has 17 heavy (non-hydrogen) atoms. The highest BCUT2D eigenvalue weighted by atomic mass is 16.6. The predicted octanol–water partition coefficient (Wildman–Crippen LogP) is 0.969. The topological polar surface area (TPSA) is 55.8 Å². The lowest BCUT2D eigenvalue weighted by atomic mass is 10.0. The fourth-order valence-corrected chi connectivity index (χ4v) is 2.25. The van der Waals surface area contributed by atoms with Gasteiger partial charge in [0.2, 0.25) is 0 Å². The van der Waals surface area contributed by atoms with Gasteiger partial charge in [0.1, 0.15) is 18.3 Å². The first-order valence-electron chi connectivity index (χ1n) is 5.53. The molecule has 4 nitrogen and oxygen atoms in total. The average molecular weight is 232 g/mol. The van der Waals surface area contributed by atoms with Crippen LogP contribution in [0.15, 0.2) is 42.5 Å². The second-order valence-corrected chi connectivity index (χ2v) is 4.18. The molecule has 2 aliphatic rings. The Labute approximate surface area is 98.5 Å². The quantitative estimate of drug-likeness (QED) is 0.733. The van der Waals surface area contributed by atoms with Gasteiger partial charge in [-0.15, -0.1) is 0 Å². The summed E-state index contributed by atoms with van der Waals surface area (Å²) in [7, 11) is 0. The molecule has 1 N–H and O–H groups in total. The van der Waals surface area contributed by atoms with Gasteiger partial charge in [0.25, 0.3) is 0 Å². The zero-order valence-electron chi connectivity index (χ0n) is 9.02. The molecule has 3 rings (SSSR count). The van der Waals surface area contributed by atoms with Crippen molar-refractivity contribution in [3.63, 3.8) is 0 Å². The largest absolute Gasteiger partial charge is 0.453 e. The van der Waals surface area contributed by atoms with Crippen molar-refractivity contribution in [3.8, 4) is 0 Å². The summed E-state index contributed by atoms with van der Waals surface area (Å²) in [6, 6.07) is 9.44. The molecule has 1 aromatic rings. The van der Waals surface area contributed by atoms with Crippen molar-refractivity contribution in [2.45, 2.75) is 24.4 Å². The van der Waals surface area contributed by atoms with Gasteiger partial charge in [-0.2, -0.15) is 0 Å². The third kappa shape index (κ3) is 1.75. The Morgan fingerprint density at radius 3 is 2.71 bits per heavy atom. The van der Waals surface area contributed by atoms with E-state index in [1.165, 1.54) is 6.08 Å². The molecule has 0 aromatic heterocycles. The number of carbonyl (C=O) groups excluding carboxylic acids is 1. The van der Waals surface area contributed by atoms with Crippen LogP contribution in [0, 0.1) is 0 Å². The number of esters is 1. The number of ether oxygens (including phenoxy) is 2. The van der Waals surface area contributed by atoms with Crippen LogP contribution in [0.1, 0.15) is 11.7 Å². The maximum Gasteiger partial charge on any atom is 0.330 e. The van der Waals surface area contributed by atoms with E-state index in [1.54, 1.807) is 6.08 Å². The number of benzene rings is 1. The summed E-state index contributed by atoms with van der Waals surface area (Å²) in [5.74, 6) is -0.428. The Balaban J connectivity index is 1.87. The minimum absolute atomic E-state index is 0.354. The van der Waals surface area contributed by atoms with Gasteiger partial charge in [0.15, 0.2) is 6.10 Å². The normalized spacial score (nSPS) is 35.5. The van der Waals surface area contributed by atoms with Gasteiger partial charge < -0.3 is 14.6 Å². The fraction of sp³-hybridized carbons (Fsp3) is 0.308. The molecule has 2 aliphatic heterocycles. The molecule has 0 saturated carbocycles. The standard InChI is InChI=1S/C13H12O4/c14-10-7-6-9-13(17-10)11(15)12(16-9)8-4-2-1-3-5-8/h1-7,9,11-13,15H/t9-,11+,12+,13-/m0/s1. The minimum atomic E-state index is -0.823. The fourth-order valence-electron chi connectivity index (χ4n) is 2.25. The number of aliphatic hydroxyl groups excluding tert-OH is 1. The van der Waals surface area contributed by atoms with Crippen molar-refractivity contribution in [1.29, 1.82) is 0 Å². The van der Waals surface area contributed by atoms with Crippen LogP contribution >= 0.6 is 0 Å². The number of aliphatic hydroxyl groups is 1. The van der Waals surface area contributed by atoms with E-state index in [2.05, 4.69) is 0 Å². The highest BCUT2D eigenvalue weighted by molar-refractivity contribution is 5.83. The second-order valence-electron chi connectivity index (χ2n) is 4.18. The van der Waals surface area contributed by atoms with Crippen molar-refractivity contribution < 1.29 is 19.4 Å². The van der Waals surface area contributed by atoms with Gasteiger partial charge in [-0.05, 0) is 11.6 Å². The summed E-state index contributed by atoms with van der Waals surface area (Å²) in [5.41, 5.74) is 0.888. The third-order valence-electron chi connectivity index (χ3n) is 3.08. The van der Waals surface area contributed by atoms with Gasteiger partial charge in [0, 0.05) is 6.08 Å². The third-order valence-corrected chi connectivity index (χ3v) is 3.08. The molecule has 0 radical (unpaired) electrons. The van der Waals surface area contributed by atoms with E-state index < -0.39 is 24.3 Å². The van der Waals surface area contributed by atoms with Crippen LogP contribution in [0.25, 0.3) is 0 Å².